The number of hydrogen-bond donors (Lipinski definition) is 3. The SMILES string of the molecule is O=S(=O)(c1ccccc1)C1NNC2CCCC(N3CCNCC3)C21. The first-order valence-corrected chi connectivity index (χ1v) is 10.5. The van der Waals surface area contributed by atoms with E-state index < -0.39 is 15.2 Å². The number of hydrogen-bond acceptors (Lipinski definition) is 6. The van der Waals surface area contributed by atoms with Crippen LogP contribution in [0.25, 0.3) is 0 Å². The van der Waals surface area contributed by atoms with Crippen LogP contribution in [0.2, 0.25) is 0 Å². The van der Waals surface area contributed by atoms with Gasteiger partial charge in [-0.3, -0.25) is 10.3 Å². The maximum Gasteiger partial charge on any atom is 0.195 e. The number of hydrazine groups is 1. The van der Waals surface area contributed by atoms with Gasteiger partial charge in [-0.25, -0.2) is 13.8 Å². The molecule has 0 bridgehead atoms. The molecule has 4 atom stereocenters. The quantitative estimate of drug-likeness (QED) is 0.730. The molecule has 3 fully saturated rings. The fourth-order valence-electron chi connectivity index (χ4n) is 4.55. The van der Waals surface area contributed by atoms with Crippen LogP contribution in [-0.4, -0.2) is 57.0 Å². The van der Waals surface area contributed by atoms with Gasteiger partial charge in [0.1, 0.15) is 5.37 Å². The van der Waals surface area contributed by atoms with Crippen molar-refractivity contribution in [3.8, 4) is 0 Å². The summed E-state index contributed by atoms with van der Waals surface area (Å²) >= 11 is 0. The van der Waals surface area contributed by atoms with Gasteiger partial charge in [-0.15, -0.1) is 0 Å². The van der Waals surface area contributed by atoms with Crippen molar-refractivity contribution >= 4 is 9.84 Å². The third-order valence-electron chi connectivity index (χ3n) is 5.71. The van der Waals surface area contributed by atoms with Gasteiger partial charge in [0.05, 0.1) is 4.90 Å². The molecule has 1 aromatic rings. The zero-order valence-corrected chi connectivity index (χ0v) is 14.6. The Bertz CT molecular complexity index is 660. The maximum atomic E-state index is 13.2. The van der Waals surface area contributed by atoms with Crippen molar-refractivity contribution in [1.82, 2.24) is 21.1 Å². The Balaban J connectivity index is 1.64. The highest BCUT2D eigenvalue weighted by Crippen LogP contribution is 2.37. The molecule has 4 rings (SSSR count). The van der Waals surface area contributed by atoms with E-state index >= 15 is 0 Å². The molecule has 0 aromatic heterocycles. The van der Waals surface area contributed by atoms with Crippen molar-refractivity contribution in [3.63, 3.8) is 0 Å². The molecule has 3 aliphatic rings. The number of piperazine rings is 1. The second-order valence-corrected chi connectivity index (χ2v) is 9.10. The Hall–Kier alpha value is -0.990. The van der Waals surface area contributed by atoms with Gasteiger partial charge in [0.15, 0.2) is 9.84 Å². The molecule has 132 valence electrons. The van der Waals surface area contributed by atoms with Crippen LogP contribution < -0.4 is 16.2 Å². The minimum absolute atomic E-state index is 0.0991. The first kappa shape index (κ1) is 16.5. The normalized spacial score (nSPS) is 34.8. The molecule has 3 N–H and O–H groups in total. The smallest absolute Gasteiger partial charge is 0.195 e. The molecule has 0 amide bonds. The number of fused-ring (bicyclic) bond motifs is 1. The Morgan fingerprint density at radius 1 is 1.00 bits per heavy atom. The average molecular weight is 350 g/mol. The minimum atomic E-state index is -3.40. The Kier molecular flexibility index (Phi) is 4.62. The first-order valence-electron chi connectivity index (χ1n) is 8.93. The number of benzene rings is 1. The van der Waals surface area contributed by atoms with Crippen molar-refractivity contribution in [2.24, 2.45) is 5.92 Å². The standard InChI is InChI=1S/C17H26N4O2S/c22-24(23,13-5-2-1-3-6-13)17-16-14(19-20-17)7-4-8-15(16)21-11-9-18-10-12-21/h1-3,5-6,14-20H,4,7-12H2. The average Bonchev–Trinajstić information content (AvgIpc) is 3.08. The van der Waals surface area contributed by atoms with Crippen LogP contribution in [0.1, 0.15) is 19.3 Å². The molecule has 2 heterocycles. The fraction of sp³-hybridized carbons (Fsp3) is 0.647. The second kappa shape index (κ2) is 6.72. The van der Waals surface area contributed by atoms with Crippen molar-refractivity contribution in [2.45, 2.75) is 41.6 Å². The zero-order valence-electron chi connectivity index (χ0n) is 13.8. The van der Waals surface area contributed by atoms with E-state index in [-0.39, 0.29) is 12.0 Å². The van der Waals surface area contributed by atoms with E-state index in [1.807, 2.05) is 6.07 Å². The summed E-state index contributed by atoms with van der Waals surface area (Å²) < 4.78 is 26.4. The van der Waals surface area contributed by atoms with E-state index in [0.717, 1.165) is 45.4 Å². The van der Waals surface area contributed by atoms with Crippen LogP contribution in [0.15, 0.2) is 35.2 Å². The molecule has 2 aliphatic heterocycles. The van der Waals surface area contributed by atoms with Crippen LogP contribution in [-0.2, 0) is 9.84 Å². The van der Waals surface area contributed by atoms with Crippen LogP contribution in [0.5, 0.6) is 0 Å². The monoisotopic (exact) mass is 350 g/mol. The summed E-state index contributed by atoms with van der Waals surface area (Å²) in [5, 5.41) is 2.84. The molecule has 1 saturated carbocycles. The summed E-state index contributed by atoms with van der Waals surface area (Å²) in [6.07, 6.45) is 3.29. The van der Waals surface area contributed by atoms with Crippen molar-refractivity contribution < 1.29 is 8.42 Å². The molecule has 24 heavy (non-hydrogen) atoms. The summed E-state index contributed by atoms with van der Waals surface area (Å²) in [5.74, 6) is 0.0991. The molecule has 6 nitrogen and oxygen atoms in total. The van der Waals surface area contributed by atoms with Crippen LogP contribution >= 0.6 is 0 Å². The lowest BCUT2D eigenvalue weighted by Crippen LogP contribution is -2.56. The van der Waals surface area contributed by atoms with Gasteiger partial charge in [0.2, 0.25) is 0 Å². The number of rotatable bonds is 3. The van der Waals surface area contributed by atoms with Gasteiger partial charge >= 0.3 is 0 Å². The molecule has 4 unspecified atom stereocenters. The number of nitrogens with zero attached hydrogens (tertiary/aromatic N) is 1. The lowest BCUT2D eigenvalue weighted by atomic mass is 9.80. The summed E-state index contributed by atoms with van der Waals surface area (Å²) in [5.41, 5.74) is 6.41. The predicted octanol–water partition coefficient (Wildman–Crippen LogP) is 0.337. The molecule has 1 aromatic carbocycles. The van der Waals surface area contributed by atoms with E-state index in [0.29, 0.717) is 10.9 Å². The van der Waals surface area contributed by atoms with Crippen molar-refractivity contribution in [1.29, 1.82) is 0 Å². The molecule has 0 radical (unpaired) electrons. The van der Waals surface area contributed by atoms with Crippen LogP contribution in [0.3, 0.4) is 0 Å². The van der Waals surface area contributed by atoms with Gasteiger partial charge in [-0.05, 0) is 25.0 Å². The highest BCUT2D eigenvalue weighted by molar-refractivity contribution is 7.92. The highest BCUT2D eigenvalue weighted by atomic mass is 32.2. The van der Waals surface area contributed by atoms with Gasteiger partial charge in [0.25, 0.3) is 0 Å². The summed E-state index contributed by atoms with van der Waals surface area (Å²) in [6, 6.07) is 9.41. The van der Waals surface area contributed by atoms with E-state index in [1.54, 1.807) is 24.3 Å². The van der Waals surface area contributed by atoms with Gasteiger partial charge in [0, 0.05) is 44.2 Å². The molecular weight excluding hydrogens is 324 g/mol. The number of nitrogens with one attached hydrogen (secondary N) is 3. The largest absolute Gasteiger partial charge is 0.314 e. The second-order valence-electron chi connectivity index (χ2n) is 7.04. The van der Waals surface area contributed by atoms with E-state index in [2.05, 4.69) is 21.1 Å². The van der Waals surface area contributed by atoms with E-state index in [1.165, 1.54) is 0 Å². The topological polar surface area (TPSA) is 73.5 Å². The Labute approximate surface area is 143 Å². The van der Waals surface area contributed by atoms with Gasteiger partial charge in [-0.1, -0.05) is 24.6 Å². The third-order valence-corrected chi connectivity index (χ3v) is 7.74. The Morgan fingerprint density at radius 2 is 1.75 bits per heavy atom. The molecule has 2 saturated heterocycles. The lowest BCUT2D eigenvalue weighted by molar-refractivity contribution is 0.0871. The van der Waals surface area contributed by atoms with Crippen molar-refractivity contribution in [2.75, 3.05) is 26.2 Å². The molecule has 7 heteroatoms. The maximum absolute atomic E-state index is 13.2. The summed E-state index contributed by atoms with van der Waals surface area (Å²) in [7, 11) is -3.40. The third kappa shape index (κ3) is 2.88. The van der Waals surface area contributed by atoms with Crippen molar-refractivity contribution in [3.05, 3.63) is 30.3 Å². The molecular formula is C17H26N4O2S. The van der Waals surface area contributed by atoms with Crippen LogP contribution in [0, 0.1) is 5.92 Å². The molecule has 0 spiro atoms. The predicted molar refractivity (Wildman–Crippen MR) is 93.0 cm³/mol. The van der Waals surface area contributed by atoms with E-state index in [4.69, 9.17) is 0 Å². The highest BCUT2D eigenvalue weighted by Gasteiger charge is 2.50. The van der Waals surface area contributed by atoms with Gasteiger partial charge < -0.3 is 5.32 Å². The summed E-state index contributed by atoms with van der Waals surface area (Å²) in [4.78, 5) is 2.91. The van der Waals surface area contributed by atoms with Gasteiger partial charge in [-0.2, -0.15) is 0 Å². The number of sulfone groups is 1. The fourth-order valence-corrected chi connectivity index (χ4v) is 6.39. The lowest BCUT2D eigenvalue weighted by Gasteiger charge is -2.43. The minimum Gasteiger partial charge on any atom is -0.314 e. The molecule has 1 aliphatic carbocycles. The Morgan fingerprint density at radius 3 is 2.50 bits per heavy atom. The summed E-state index contributed by atoms with van der Waals surface area (Å²) in [6.45, 7) is 3.99. The van der Waals surface area contributed by atoms with Crippen LogP contribution in [0.4, 0.5) is 0 Å². The first-order chi connectivity index (χ1) is 11.7. The zero-order chi connectivity index (χ0) is 16.6. The van der Waals surface area contributed by atoms with E-state index in [9.17, 15) is 8.42 Å².